The third kappa shape index (κ3) is 3.48. The van der Waals surface area contributed by atoms with E-state index in [1.54, 1.807) is 0 Å². The van der Waals surface area contributed by atoms with Crippen LogP contribution in [0.5, 0.6) is 0 Å². The van der Waals surface area contributed by atoms with Crippen LogP contribution in [0.15, 0.2) is 0 Å². The molecule has 1 rings (SSSR count). The fourth-order valence-corrected chi connectivity index (χ4v) is 2.20. The van der Waals surface area contributed by atoms with Gasteiger partial charge in [-0.3, -0.25) is 4.79 Å². The van der Waals surface area contributed by atoms with E-state index in [1.165, 1.54) is 6.42 Å². The van der Waals surface area contributed by atoms with Gasteiger partial charge in [0.25, 0.3) is 0 Å². The third-order valence-electron chi connectivity index (χ3n) is 3.44. The molecule has 0 bridgehead atoms. The molecule has 0 spiro atoms. The summed E-state index contributed by atoms with van der Waals surface area (Å²) in [5.74, 6) is 1.07. The van der Waals surface area contributed by atoms with Crippen LogP contribution >= 0.6 is 0 Å². The van der Waals surface area contributed by atoms with Gasteiger partial charge in [-0.05, 0) is 38.6 Å². The van der Waals surface area contributed by atoms with Gasteiger partial charge >= 0.3 is 0 Å². The molecule has 0 aromatic rings. The first-order valence-corrected chi connectivity index (χ1v) is 6.42. The van der Waals surface area contributed by atoms with Crippen LogP contribution in [-0.4, -0.2) is 38.0 Å². The van der Waals surface area contributed by atoms with Crippen molar-refractivity contribution in [3.8, 4) is 0 Å². The highest BCUT2D eigenvalue weighted by Gasteiger charge is 2.50. The topological polar surface area (TPSA) is 32.3 Å². The third-order valence-corrected chi connectivity index (χ3v) is 3.44. The van der Waals surface area contributed by atoms with Crippen LogP contribution in [-0.2, 0) is 4.79 Å². The van der Waals surface area contributed by atoms with Crippen LogP contribution < -0.4 is 5.32 Å². The maximum atomic E-state index is 12.2. The van der Waals surface area contributed by atoms with Crippen molar-refractivity contribution in [3.63, 3.8) is 0 Å². The van der Waals surface area contributed by atoms with Crippen LogP contribution in [0, 0.1) is 11.3 Å². The number of carbonyl (C=O) groups is 1. The Morgan fingerprint density at radius 2 is 2.06 bits per heavy atom. The maximum absolute atomic E-state index is 12.2. The minimum atomic E-state index is -0.0542. The van der Waals surface area contributed by atoms with Crippen molar-refractivity contribution in [1.82, 2.24) is 10.2 Å². The van der Waals surface area contributed by atoms with E-state index in [0.29, 0.717) is 5.91 Å². The average Bonchev–Trinajstić information content (AvgIpc) is 2.97. The van der Waals surface area contributed by atoms with Crippen LogP contribution in [0.4, 0.5) is 0 Å². The molecule has 0 heterocycles. The van der Waals surface area contributed by atoms with E-state index in [9.17, 15) is 4.79 Å². The van der Waals surface area contributed by atoms with E-state index in [4.69, 9.17) is 0 Å². The van der Waals surface area contributed by atoms with E-state index in [-0.39, 0.29) is 5.41 Å². The van der Waals surface area contributed by atoms with Crippen molar-refractivity contribution in [2.24, 2.45) is 11.3 Å². The van der Waals surface area contributed by atoms with Crippen LogP contribution in [0.3, 0.4) is 0 Å². The molecule has 1 fully saturated rings. The molecular weight excluding hydrogens is 200 g/mol. The van der Waals surface area contributed by atoms with Crippen LogP contribution in [0.25, 0.3) is 0 Å². The molecule has 1 amide bonds. The lowest BCUT2D eigenvalue weighted by atomic mass is 10.0. The zero-order valence-electron chi connectivity index (χ0n) is 11.2. The van der Waals surface area contributed by atoms with Gasteiger partial charge in [0.05, 0.1) is 5.41 Å². The van der Waals surface area contributed by atoms with E-state index in [2.05, 4.69) is 19.2 Å². The number of nitrogens with one attached hydrogen (secondary N) is 1. The lowest BCUT2D eigenvalue weighted by molar-refractivity contribution is -0.135. The fourth-order valence-electron chi connectivity index (χ4n) is 2.20. The van der Waals surface area contributed by atoms with Gasteiger partial charge in [-0.25, -0.2) is 0 Å². The number of amides is 1. The second-order valence-corrected chi connectivity index (χ2v) is 5.57. The summed E-state index contributed by atoms with van der Waals surface area (Å²) in [6.45, 7) is 6.19. The molecule has 0 radical (unpaired) electrons. The molecule has 1 aliphatic carbocycles. The molecule has 3 nitrogen and oxygen atoms in total. The smallest absolute Gasteiger partial charge is 0.229 e. The highest BCUT2D eigenvalue weighted by atomic mass is 16.2. The van der Waals surface area contributed by atoms with Crippen molar-refractivity contribution < 1.29 is 4.79 Å². The summed E-state index contributed by atoms with van der Waals surface area (Å²) in [5.41, 5.74) is -0.0542. The Labute approximate surface area is 99.6 Å². The predicted octanol–water partition coefficient (Wildman–Crippen LogP) is 1.88. The standard InChI is InChI=1S/C13H26N2O/c1-11(2)6-5-9-15(4)12(16)13(7-8-13)10-14-3/h11,14H,5-10H2,1-4H3. The Kier molecular flexibility index (Phi) is 4.78. The Morgan fingerprint density at radius 3 is 2.50 bits per heavy atom. The van der Waals surface area contributed by atoms with Gasteiger partial charge in [0.1, 0.15) is 0 Å². The summed E-state index contributed by atoms with van der Waals surface area (Å²) in [5, 5.41) is 3.13. The Bertz CT molecular complexity index is 234. The first-order valence-electron chi connectivity index (χ1n) is 6.42. The first kappa shape index (κ1) is 13.5. The Morgan fingerprint density at radius 1 is 1.44 bits per heavy atom. The van der Waals surface area contributed by atoms with Gasteiger partial charge in [0, 0.05) is 20.1 Å². The quantitative estimate of drug-likeness (QED) is 0.719. The molecule has 0 aromatic heterocycles. The van der Waals surface area contributed by atoms with E-state index >= 15 is 0 Å². The average molecular weight is 226 g/mol. The molecule has 3 heteroatoms. The van der Waals surface area contributed by atoms with Gasteiger partial charge < -0.3 is 10.2 Å². The summed E-state index contributed by atoms with van der Waals surface area (Å²) in [4.78, 5) is 14.1. The van der Waals surface area contributed by atoms with Gasteiger partial charge in [-0.1, -0.05) is 13.8 Å². The summed E-state index contributed by atoms with van der Waals surface area (Å²) in [7, 11) is 3.87. The van der Waals surface area contributed by atoms with Crippen LogP contribution in [0.2, 0.25) is 0 Å². The normalized spacial score (nSPS) is 17.6. The van der Waals surface area contributed by atoms with Gasteiger partial charge in [0.15, 0.2) is 0 Å². The monoisotopic (exact) mass is 226 g/mol. The van der Waals surface area contributed by atoms with E-state index < -0.39 is 0 Å². The number of hydrogen-bond donors (Lipinski definition) is 1. The number of nitrogens with zero attached hydrogens (tertiary/aromatic N) is 1. The number of rotatable bonds is 7. The Hall–Kier alpha value is -0.570. The van der Waals surface area contributed by atoms with Crippen molar-refractivity contribution in [2.75, 3.05) is 27.2 Å². The highest BCUT2D eigenvalue weighted by molar-refractivity contribution is 5.85. The minimum Gasteiger partial charge on any atom is -0.345 e. The second kappa shape index (κ2) is 5.67. The Balaban J connectivity index is 2.31. The van der Waals surface area contributed by atoms with Gasteiger partial charge in [-0.2, -0.15) is 0 Å². The van der Waals surface area contributed by atoms with Crippen molar-refractivity contribution in [2.45, 2.75) is 39.5 Å². The molecule has 0 aromatic carbocycles. The predicted molar refractivity (Wildman–Crippen MR) is 67.3 cm³/mol. The molecule has 0 atom stereocenters. The summed E-state index contributed by atoms with van der Waals surface area (Å²) < 4.78 is 0. The SMILES string of the molecule is CNCC1(C(=O)N(C)CCCC(C)C)CC1. The molecule has 16 heavy (non-hydrogen) atoms. The largest absolute Gasteiger partial charge is 0.345 e. The van der Waals surface area contributed by atoms with Crippen molar-refractivity contribution >= 4 is 5.91 Å². The summed E-state index contributed by atoms with van der Waals surface area (Å²) in [6.07, 6.45) is 4.44. The summed E-state index contributed by atoms with van der Waals surface area (Å²) >= 11 is 0. The maximum Gasteiger partial charge on any atom is 0.229 e. The molecule has 0 saturated heterocycles. The summed E-state index contributed by atoms with van der Waals surface area (Å²) in [6, 6.07) is 0. The van der Waals surface area contributed by atoms with Crippen molar-refractivity contribution in [3.05, 3.63) is 0 Å². The lowest BCUT2D eigenvalue weighted by Crippen LogP contribution is -2.39. The lowest BCUT2D eigenvalue weighted by Gasteiger charge is -2.23. The molecule has 0 unspecified atom stereocenters. The molecule has 1 N–H and O–H groups in total. The molecular formula is C13H26N2O. The number of carbonyl (C=O) groups excluding carboxylic acids is 1. The zero-order valence-corrected chi connectivity index (χ0v) is 11.2. The zero-order chi connectivity index (χ0) is 12.2. The molecule has 1 saturated carbocycles. The molecule has 1 aliphatic rings. The van der Waals surface area contributed by atoms with Crippen LogP contribution in [0.1, 0.15) is 39.5 Å². The number of hydrogen-bond acceptors (Lipinski definition) is 2. The highest BCUT2D eigenvalue weighted by Crippen LogP contribution is 2.46. The van der Waals surface area contributed by atoms with E-state index in [1.807, 2.05) is 19.0 Å². The van der Waals surface area contributed by atoms with Crippen molar-refractivity contribution in [1.29, 1.82) is 0 Å². The van der Waals surface area contributed by atoms with Gasteiger partial charge in [-0.15, -0.1) is 0 Å². The minimum absolute atomic E-state index is 0.0542. The van der Waals surface area contributed by atoms with E-state index in [0.717, 1.165) is 38.3 Å². The van der Waals surface area contributed by atoms with Gasteiger partial charge in [0.2, 0.25) is 5.91 Å². The molecule has 0 aliphatic heterocycles. The fraction of sp³-hybridized carbons (Fsp3) is 0.923. The molecule has 94 valence electrons. The second-order valence-electron chi connectivity index (χ2n) is 5.57. The first-order chi connectivity index (χ1) is 7.52.